The first kappa shape index (κ1) is 14.0. The monoisotopic (exact) mass is 271 g/mol. The number of ether oxygens (including phenoxy) is 2. The van der Waals surface area contributed by atoms with Gasteiger partial charge in [0, 0.05) is 19.6 Å². The molecule has 2 rings (SSSR count). The van der Waals surface area contributed by atoms with Gasteiger partial charge in [-0.25, -0.2) is 9.18 Å². The third-order valence-electron chi connectivity index (χ3n) is 3.10. The van der Waals surface area contributed by atoms with E-state index in [-0.39, 0.29) is 12.6 Å². The number of methoxy groups -OCH3 is 1. The van der Waals surface area contributed by atoms with E-state index in [1.165, 1.54) is 7.11 Å². The number of aryl methyl sites for hydroxylation is 1. The van der Waals surface area contributed by atoms with Crippen LogP contribution in [0.3, 0.4) is 0 Å². The molecule has 0 bridgehead atoms. The molecule has 0 radical (unpaired) electrons. The summed E-state index contributed by atoms with van der Waals surface area (Å²) in [5.41, 5.74) is 0. The molecule has 1 saturated heterocycles. The second kappa shape index (κ2) is 6.16. The van der Waals surface area contributed by atoms with Crippen molar-refractivity contribution in [1.29, 1.82) is 0 Å². The quantitative estimate of drug-likeness (QED) is 0.776. The minimum absolute atomic E-state index is 0.0201. The third kappa shape index (κ3) is 3.54. The molecule has 0 saturated carbocycles. The van der Waals surface area contributed by atoms with Gasteiger partial charge in [0.15, 0.2) is 0 Å². The molecule has 106 valence electrons. The summed E-state index contributed by atoms with van der Waals surface area (Å²) >= 11 is 0. The van der Waals surface area contributed by atoms with E-state index in [1.54, 1.807) is 0 Å². The zero-order valence-corrected chi connectivity index (χ0v) is 11.1. The predicted molar refractivity (Wildman–Crippen MR) is 65.5 cm³/mol. The van der Waals surface area contributed by atoms with Crippen molar-refractivity contribution in [3.05, 3.63) is 23.7 Å². The van der Waals surface area contributed by atoms with Crippen LogP contribution in [0.2, 0.25) is 0 Å². The first-order valence-corrected chi connectivity index (χ1v) is 6.22. The van der Waals surface area contributed by atoms with Gasteiger partial charge < -0.3 is 13.9 Å². The lowest BCUT2D eigenvalue weighted by molar-refractivity contribution is -0.148. The molecule has 1 aromatic rings. The van der Waals surface area contributed by atoms with Crippen LogP contribution in [0.4, 0.5) is 4.39 Å². The van der Waals surface area contributed by atoms with Gasteiger partial charge >= 0.3 is 5.97 Å². The summed E-state index contributed by atoms with van der Waals surface area (Å²) in [4.78, 5) is 12.9. The van der Waals surface area contributed by atoms with Crippen molar-refractivity contribution in [2.45, 2.75) is 19.2 Å². The summed E-state index contributed by atoms with van der Waals surface area (Å²) < 4.78 is 29.0. The number of hydrogen-bond acceptors (Lipinski definition) is 5. The summed E-state index contributed by atoms with van der Waals surface area (Å²) in [5, 5.41) is 0. The maximum Gasteiger partial charge on any atom is 0.341 e. The standard InChI is InChI=1S/C13H18FNO4/c1-9-3-4-11(19-9)12-8-15(5-6-18-12)7-10(14)13(16)17-2/h3-4,10,12H,5-8H2,1-2H3/t10-,12-/m1/s1. The number of alkyl halides is 1. The van der Waals surface area contributed by atoms with Crippen LogP contribution in [-0.2, 0) is 14.3 Å². The Morgan fingerprint density at radius 3 is 3.05 bits per heavy atom. The third-order valence-corrected chi connectivity index (χ3v) is 3.10. The Labute approximate surface area is 111 Å². The van der Waals surface area contributed by atoms with E-state index >= 15 is 0 Å². The molecule has 2 atom stereocenters. The second-order valence-electron chi connectivity index (χ2n) is 4.56. The first-order valence-electron chi connectivity index (χ1n) is 6.22. The number of hydrogen-bond donors (Lipinski definition) is 0. The highest BCUT2D eigenvalue weighted by Crippen LogP contribution is 2.24. The summed E-state index contributed by atoms with van der Waals surface area (Å²) in [6.07, 6.45) is -1.84. The van der Waals surface area contributed by atoms with Gasteiger partial charge in [0.25, 0.3) is 0 Å². The van der Waals surface area contributed by atoms with E-state index in [0.717, 1.165) is 11.5 Å². The number of esters is 1. The summed E-state index contributed by atoms with van der Waals surface area (Å²) in [6, 6.07) is 3.72. The predicted octanol–water partition coefficient (Wildman–Crippen LogP) is 1.47. The van der Waals surface area contributed by atoms with E-state index in [2.05, 4.69) is 4.74 Å². The Balaban J connectivity index is 1.92. The minimum atomic E-state index is -1.62. The number of furan rings is 1. The van der Waals surface area contributed by atoms with Gasteiger partial charge in [0.1, 0.15) is 17.6 Å². The number of nitrogens with zero attached hydrogens (tertiary/aromatic N) is 1. The molecular formula is C13H18FNO4. The zero-order valence-electron chi connectivity index (χ0n) is 11.1. The SMILES string of the molecule is COC(=O)[C@H](F)CN1CCO[C@@H](c2ccc(C)o2)C1. The maximum absolute atomic E-state index is 13.5. The van der Waals surface area contributed by atoms with Crippen molar-refractivity contribution in [1.82, 2.24) is 4.90 Å². The lowest BCUT2D eigenvalue weighted by atomic mass is 10.2. The Morgan fingerprint density at radius 1 is 1.63 bits per heavy atom. The maximum atomic E-state index is 13.5. The van der Waals surface area contributed by atoms with Crippen LogP contribution in [0.1, 0.15) is 17.6 Å². The lowest BCUT2D eigenvalue weighted by Crippen LogP contribution is -2.43. The van der Waals surface area contributed by atoms with E-state index in [0.29, 0.717) is 19.7 Å². The van der Waals surface area contributed by atoms with Crippen molar-refractivity contribution in [2.75, 3.05) is 33.4 Å². The van der Waals surface area contributed by atoms with Crippen molar-refractivity contribution in [3.8, 4) is 0 Å². The molecule has 1 aliphatic rings. The summed E-state index contributed by atoms with van der Waals surface area (Å²) in [7, 11) is 1.18. The van der Waals surface area contributed by atoms with Crippen LogP contribution >= 0.6 is 0 Å². The minimum Gasteiger partial charge on any atom is -0.467 e. The van der Waals surface area contributed by atoms with Gasteiger partial charge in [-0.05, 0) is 19.1 Å². The fraction of sp³-hybridized carbons (Fsp3) is 0.615. The molecule has 1 aliphatic heterocycles. The van der Waals surface area contributed by atoms with Crippen LogP contribution in [0.15, 0.2) is 16.5 Å². The van der Waals surface area contributed by atoms with Crippen LogP contribution in [0.5, 0.6) is 0 Å². The Bertz CT molecular complexity index is 434. The number of halogens is 1. The highest BCUT2D eigenvalue weighted by Gasteiger charge is 2.28. The van der Waals surface area contributed by atoms with Crippen LogP contribution in [-0.4, -0.2) is 50.4 Å². The zero-order chi connectivity index (χ0) is 13.8. The normalized spacial score (nSPS) is 22.2. The molecule has 0 spiro atoms. The van der Waals surface area contributed by atoms with Crippen molar-refractivity contribution in [3.63, 3.8) is 0 Å². The molecular weight excluding hydrogens is 253 g/mol. The van der Waals surface area contributed by atoms with E-state index in [9.17, 15) is 9.18 Å². The Kier molecular flexibility index (Phi) is 4.55. The smallest absolute Gasteiger partial charge is 0.341 e. The van der Waals surface area contributed by atoms with Gasteiger partial charge in [-0.15, -0.1) is 0 Å². The highest BCUT2D eigenvalue weighted by atomic mass is 19.1. The van der Waals surface area contributed by atoms with E-state index in [1.807, 2.05) is 24.0 Å². The highest BCUT2D eigenvalue weighted by molar-refractivity contribution is 5.74. The number of rotatable bonds is 4. The van der Waals surface area contributed by atoms with Gasteiger partial charge in [-0.3, -0.25) is 4.90 Å². The molecule has 0 aromatic carbocycles. The fourth-order valence-corrected chi connectivity index (χ4v) is 2.10. The van der Waals surface area contributed by atoms with Gasteiger partial charge in [0.2, 0.25) is 6.17 Å². The molecule has 6 heteroatoms. The second-order valence-corrected chi connectivity index (χ2v) is 4.56. The lowest BCUT2D eigenvalue weighted by Gasteiger charge is -2.32. The molecule has 19 heavy (non-hydrogen) atoms. The van der Waals surface area contributed by atoms with E-state index < -0.39 is 12.1 Å². The van der Waals surface area contributed by atoms with Crippen LogP contribution in [0.25, 0.3) is 0 Å². The van der Waals surface area contributed by atoms with Crippen LogP contribution < -0.4 is 0 Å². The molecule has 1 aromatic heterocycles. The van der Waals surface area contributed by atoms with Crippen molar-refractivity contribution < 1.29 is 23.1 Å². The van der Waals surface area contributed by atoms with Crippen molar-refractivity contribution >= 4 is 5.97 Å². The Hall–Kier alpha value is -1.40. The molecule has 0 unspecified atom stereocenters. The number of morpholine rings is 1. The molecule has 1 fully saturated rings. The van der Waals surface area contributed by atoms with Gasteiger partial charge in [-0.1, -0.05) is 0 Å². The van der Waals surface area contributed by atoms with Gasteiger partial charge in [-0.2, -0.15) is 0 Å². The summed E-state index contributed by atoms with van der Waals surface area (Å²) in [5.74, 6) is 0.709. The molecule has 0 amide bonds. The average Bonchev–Trinajstić information content (AvgIpc) is 2.84. The van der Waals surface area contributed by atoms with Gasteiger partial charge in [0.05, 0.1) is 13.7 Å². The average molecular weight is 271 g/mol. The Morgan fingerprint density at radius 2 is 2.42 bits per heavy atom. The van der Waals surface area contributed by atoms with E-state index in [4.69, 9.17) is 9.15 Å². The molecule has 0 aliphatic carbocycles. The van der Waals surface area contributed by atoms with Crippen molar-refractivity contribution in [2.24, 2.45) is 0 Å². The first-order chi connectivity index (χ1) is 9.10. The largest absolute Gasteiger partial charge is 0.467 e. The number of carbonyl (C=O) groups is 1. The fourth-order valence-electron chi connectivity index (χ4n) is 2.10. The van der Waals surface area contributed by atoms with Crippen LogP contribution in [0, 0.1) is 6.92 Å². The molecule has 5 nitrogen and oxygen atoms in total. The number of carbonyl (C=O) groups excluding carboxylic acids is 1. The molecule has 0 N–H and O–H groups in total. The summed E-state index contributed by atoms with van der Waals surface area (Å²) in [6.45, 7) is 3.46. The molecule has 2 heterocycles. The topological polar surface area (TPSA) is 51.9 Å².